The van der Waals surface area contributed by atoms with Gasteiger partial charge < -0.3 is 20.3 Å². The minimum atomic E-state index is -0.277. The van der Waals surface area contributed by atoms with Gasteiger partial charge in [0.1, 0.15) is 6.10 Å². The number of carbonyl (C=O) groups is 1. The third kappa shape index (κ3) is 2.37. The second-order valence-electron chi connectivity index (χ2n) is 4.76. The molecule has 1 aromatic rings. The molecular weight excluding hydrogens is 236 g/mol. The molecule has 7 nitrogen and oxygen atoms in total. The highest BCUT2D eigenvalue weighted by Crippen LogP contribution is 2.31. The van der Waals surface area contributed by atoms with Gasteiger partial charge in [-0.15, -0.1) is 0 Å². The molecule has 0 bridgehead atoms. The van der Waals surface area contributed by atoms with Crippen LogP contribution in [-0.2, 0) is 4.74 Å². The standard InChI is InChI=1S/C11H16N4O3/c12-5-7-3-4-8(17-7)11-14-9(15-18-11)10(16)13-6-1-2-6/h6-8H,1-5,12H2,(H,13,16). The van der Waals surface area contributed by atoms with Gasteiger partial charge in [0.2, 0.25) is 0 Å². The van der Waals surface area contributed by atoms with E-state index in [2.05, 4.69) is 15.5 Å². The molecule has 1 aromatic heterocycles. The summed E-state index contributed by atoms with van der Waals surface area (Å²) in [5, 5.41) is 6.49. The monoisotopic (exact) mass is 252 g/mol. The van der Waals surface area contributed by atoms with Crippen LogP contribution in [0.3, 0.4) is 0 Å². The van der Waals surface area contributed by atoms with Gasteiger partial charge in [-0.3, -0.25) is 4.79 Å². The largest absolute Gasteiger partial charge is 0.364 e. The van der Waals surface area contributed by atoms with E-state index in [0.29, 0.717) is 12.4 Å². The van der Waals surface area contributed by atoms with Crippen LogP contribution in [0.25, 0.3) is 0 Å². The predicted molar refractivity (Wildman–Crippen MR) is 60.7 cm³/mol. The first-order chi connectivity index (χ1) is 8.76. The van der Waals surface area contributed by atoms with E-state index in [4.69, 9.17) is 15.0 Å². The van der Waals surface area contributed by atoms with Crippen LogP contribution >= 0.6 is 0 Å². The zero-order chi connectivity index (χ0) is 12.5. The van der Waals surface area contributed by atoms with Gasteiger partial charge in [0, 0.05) is 12.6 Å². The van der Waals surface area contributed by atoms with Crippen molar-refractivity contribution < 1.29 is 14.1 Å². The molecule has 98 valence electrons. The molecule has 1 saturated heterocycles. The molecule has 2 aliphatic rings. The van der Waals surface area contributed by atoms with E-state index in [1.807, 2.05) is 0 Å². The van der Waals surface area contributed by atoms with Crippen molar-refractivity contribution in [2.75, 3.05) is 6.54 Å². The summed E-state index contributed by atoms with van der Waals surface area (Å²) in [5.41, 5.74) is 5.53. The molecular formula is C11H16N4O3. The van der Waals surface area contributed by atoms with Gasteiger partial charge in [0.05, 0.1) is 6.10 Å². The number of ether oxygens (including phenoxy) is 1. The van der Waals surface area contributed by atoms with Crippen molar-refractivity contribution in [3.63, 3.8) is 0 Å². The maximum atomic E-state index is 11.7. The minimum Gasteiger partial charge on any atom is -0.364 e. The van der Waals surface area contributed by atoms with Crippen LogP contribution in [0.15, 0.2) is 4.52 Å². The van der Waals surface area contributed by atoms with Gasteiger partial charge >= 0.3 is 0 Å². The van der Waals surface area contributed by atoms with Gasteiger partial charge in [-0.05, 0) is 25.7 Å². The molecule has 2 fully saturated rings. The Morgan fingerprint density at radius 1 is 1.39 bits per heavy atom. The fourth-order valence-electron chi connectivity index (χ4n) is 2.00. The fourth-order valence-corrected chi connectivity index (χ4v) is 2.00. The average molecular weight is 252 g/mol. The molecule has 0 aromatic carbocycles. The highest BCUT2D eigenvalue weighted by atomic mass is 16.5. The summed E-state index contributed by atoms with van der Waals surface area (Å²) in [6.45, 7) is 0.486. The first-order valence-corrected chi connectivity index (χ1v) is 6.26. The first-order valence-electron chi connectivity index (χ1n) is 6.26. The van der Waals surface area contributed by atoms with Crippen LogP contribution < -0.4 is 11.1 Å². The van der Waals surface area contributed by atoms with Crippen LogP contribution in [0, 0.1) is 0 Å². The minimum absolute atomic E-state index is 0.0469. The summed E-state index contributed by atoms with van der Waals surface area (Å²) in [4.78, 5) is 15.8. The Labute approximate surface area is 104 Å². The number of rotatable bonds is 4. The van der Waals surface area contributed by atoms with Gasteiger partial charge in [-0.1, -0.05) is 5.16 Å². The summed E-state index contributed by atoms with van der Waals surface area (Å²) in [6, 6.07) is 0.281. The topological polar surface area (TPSA) is 103 Å². The van der Waals surface area contributed by atoms with Crippen LogP contribution in [0.1, 0.15) is 48.3 Å². The SMILES string of the molecule is NCC1CCC(c2nc(C(=O)NC3CC3)no2)O1. The molecule has 1 amide bonds. The maximum absolute atomic E-state index is 11.7. The number of amides is 1. The molecule has 2 atom stereocenters. The third-order valence-corrected chi connectivity index (χ3v) is 3.20. The van der Waals surface area contributed by atoms with Crippen molar-refractivity contribution in [1.29, 1.82) is 0 Å². The molecule has 1 aliphatic heterocycles. The number of hydrogen-bond acceptors (Lipinski definition) is 6. The van der Waals surface area contributed by atoms with Crippen molar-refractivity contribution >= 4 is 5.91 Å². The predicted octanol–water partition coefficient (Wildman–Crippen LogP) is 0.141. The second kappa shape index (κ2) is 4.66. The molecule has 2 unspecified atom stereocenters. The van der Waals surface area contributed by atoms with Crippen LogP contribution in [0.4, 0.5) is 0 Å². The van der Waals surface area contributed by atoms with E-state index < -0.39 is 0 Å². The lowest BCUT2D eigenvalue weighted by Gasteiger charge is -2.07. The zero-order valence-corrected chi connectivity index (χ0v) is 9.96. The molecule has 7 heteroatoms. The van der Waals surface area contributed by atoms with Crippen molar-refractivity contribution in [2.45, 2.75) is 43.9 Å². The smallest absolute Gasteiger partial charge is 0.292 e. The molecule has 0 spiro atoms. The lowest BCUT2D eigenvalue weighted by molar-refractivity contribution is 0.0307. The number of nitrogens with two attached hydrogens (primary N) is 1. The quantitative estimate of drug-likeness (QED) is 0.790. The Hall–Kier alpha value is -1.47. The molecule has 3 N–H and O–H groups in total. The van der Waals surface area contributed by atoms with Crippen LogP contribution in [-0.4, -0.2) is 34.7 Å². The van der Waals surface area contributed by atoms with E-state index in [1.54, 1.807) is 0 Å². The number of carbonyl (C=O) groups excluding carboxylic acids is 1. The van der Waals surface area contributed by atoms with Crippen LogP contribution in [0.5, 0.6) is 0 Å². The van der Waals surface area contributed by atoms with Gasteiger partial charge in [0.15, 0.2) is 0 Å². The van der Waals surface area contributed by atoms with Crippen molar-refractivity contribution in [3.05, 3.63) is 11.7 Å². The Bertz CT molecular complexity index is 443. The number of nitrogens with one attached hydrogen (secondary N) is 1. The molecule has 18 heavy (non-hydrogen) atoms. The Kier molecular flexibility index (Phi) is 3.00. The molecule has 3 rings (SSSR count). The molecule has 0 radical (unpaired) electrons. The third-order valence-electron chi connectivity index (χ3n) is 3.20. The summed E-state index contributed by atoms with van der Waals surface area (Å²) in [5.74, 6) is 0.171. The molecule has 1 saturated carbocycles. The van der Waals surface area contributed by atoms with E-state index in [0.717, 1.165) is 25.7 Å². The lowest BCUT2D eigenvalue weighted by atomic mass is 10.2. The number of aromatic nitrogens is 2. The summed E-state index contributed by atoms with van der Waals surface area (Å²) in [6.07, 6.45) is 3.56. The first kappa shape index (κ1) is 11.6. The maximum Gasteiger partial charge on any atom is 0.292 e. The van der Waals surface area contributed by atoms with Gasteiger partial charge in [0.25, 0.3) is 17.6 Å². The Balaban J connectivity index is 1.63. The Morgan fingerprint density at radius 2 is 2.22 bits per heavy atom. The lowest BCUT2D eigenvalue weighted by Crippen LogP contribution is -2.26. The Morgan fingerprint density at radius 3 is 2.89 bits per heavy atom. The highest BCUT2D eigenvalue weighted by molar-refractivity contribution is 5.90. The highest BCUT2D eigenvalue weighted by Gasteiger charge is 2.31. The van der Waals surface area contributed by atoms with E-state index in [9.17, 15) is 4.79 Å². The summed E-state index contributed by atoms with van der Waals surface area (Å²) >= 11 is 0. The number of hydrogen-bond donors (Lipinski definition) is 2. The van der Waals surface area contributed by atoms with Crippen molar-refractivity contribution in [1.82, 2.24) is 15.5 Å². The summed E-state index contributed by atoms with van der Waals surface area (Å²) < 4.78 is 10.7. The van der Waals surface area contributed by atoms with Gasteiger partial charge in [-0.25, -0.2) is 0 Å². The number of nitrogens with zero attached hydrogens (tertiary/aromatic N) is 2. The summed E-state index contributed by atoms with van der Waals surface area (Å²) in [7, 11) is 0. The normalized spacial score (nSPS) is 27.4. The van der Waals surface area contributed by atoms with Crippen LogP contribution in [0.2, 0.25) is 0 Å². The van der Waals surface area contributed by atoms with E-state index in [-0.39, 0.29) is 30.0 Å². The van der Waals surface area contributed by atoms with Crippen molar-refractivity contribution in [3.8, 4) is 0 Å². The molecule has 1 aliphatic carbocycles. The van der Waals surface area contributed by atoms with E-state index in [1.165, 1.54) is 0 Å². The van der Waals surface area contributed by atoms with Gasteiger partial charge in [-0.2, -0.15) is 4.98 Å². The van der Waals surface area contributed by atoms with Crippen molar-refractivity contribution in [2.24, 2.45) is 5.73 Å². The molecule has 2 heterocycles. The zero-order valence-electron chi connectivity index (χ0n) is 9.96. The van der Waals surface area contributed by atoms with E-state index >= 15 is 0 Å². The second-order valence-corrected chi connectivity index (χ2v) is 4.76. The fraction of sp³-hybridized carbons (Fsp3) is 0.727. The average Bonchev–Trinajstić information content (AvgIpc) is 2.91.